The van der Waals surface area contributed by atoms with Crippen LogP contribution in [0.5, 0.6) is 0 Å². The maximum atomic E-state index is 12.4. The number of aromatic nitrogens is 2. The maximum absolute atomic E-state index is 12.4. The molecule has 6 nitrogen and oxygen atoms in total. The molecule has 0 fully saturated rings. The summed E-state index contributed by atoms with van der Waals surface area (Å²) in [5.74, 6) is -0.887. The summed E-state index contributed by atoms with van der Waals surface area (Å²) >= 11 is 0. The molecule has 0 bridgehead atoms. The van der Waals surface area contributed by atoms with E-state index in [2.05, 4.69) is 15.3 Å². The summed E-state index contributed by atoms with van der Waals surface area (Å²) < 4.78 is 0. The first-order chi connectivity index (χ1) is 10.9. The second kappa shape index (κ2) is 7.00. The summed E-state index contributed by atoms with van der Waals surface area (Å²) in [6, 6.07) is 8.36. The molecule has 0 radical (unpaired) electrons. The average Bonchev–Trinajstić information content (AvgIpc) is 2.45. The van der Waals surface area contributed by atoms with E-state index in [0.717, 1.165) is 11.1 Å². The van der Waals surface area contributed by atoms with E-state index >= 15 is 0 Å². The zero-order valence-electron chi connectivity index (χ0n) is 13.3. The molecular weight excluding hydrogens is 294 g/mol. The summed E-state index contributed by atoms with van der Waals surface area (Å²) in [5, 5.41) is 11.9. The van der Waals surface area contributed by atoms with Crippen LogP contribution in [0, 0.1) is 20.8 Å². The number of nitrogens with zero attached hydrogens (tertiary/aromatic N) is 2. The fourth-order valence-corrected chi connectivity index (χ4v) is 2.46. The molecule has 2 N–H and O–H groups in total. The van der Waals surface area contributed by atoms with Gasteiger partial charge in [-0.25, -0.2) is 9.97 Å². The number of rotatable bonds is 5. The Bertz CT molecular complexity index is 723. The lowest BCUT2D eigenvalue weighted by molar-refractivity contribution is -0.137. The molecule has 1 amide bonds. The molecule has 120 valence electrons. The first-order valence-corrected chi connectivity index (χ1v) is 7.27. The van der Waals surface area contributed by atoms with Gasteiger partial charge >= 0.3 is 5.97 Å². The number of carbonyl (C=O) groups excluding carboxylic acids is 1. The van der Waals surface area contributed by atoms with Crippen LogP contribution in [0.1, 0.15) is 45.6 Å². The Balaban J connectivity index is 2.29. The van der Waals surface area contributed by atoms with E-state index in [-0.39, 0.29) is 12.1 Å². The molecule has 1 aromatic heterocycles. The van der Waals surface area contributed by atoms with Crippen LogP contribution in [0.25, 0.3) is 0 Å². The third-order valence-electron chi connectivity index (χ3n) is 3.45. The summed E-state index contributed by atoms with van der Waals surface area (Å²) in [7, 11) is 0. The molecule has 1 aromatic carbocycles. The first-order valence-electron chi connectivity index (χ1n) is 7.27. The molecule has 0 aliphatic rings. The number of aryl methyl sites for hydroxylation is 3. The minimum atomic E-state index is -0.978. The molecule has 2 aromatic rings. The Morgan fingerprint density at radius 3 is 2.48 bits per heavy atom. The summed E-state index contributed by atoms with van der Waals surface area (Å²) in [5.41, 5.74) is 2.63. The highest BCUT2D eigenvalue weighted by Crippen LogP contribution is 2.21. The SMILES string of the molecule is Cc1cc(C(=O)N[C@@H](CC(=O)O)c2ccccc2C)nc(C)n1. The highest BCUT2D eigenvalue weighted by atomic mass is 16.4. The minimum Gasteiger partial charge on any atom is -0.481 e. The predicted octanol–water partition coefficient (Wildman–Crippen LogP) is 2.35. The number of hydrogen-bond donors (Lipinski definition) is 2. The van der Waals surface area contributed by atoms with Crippen molar-refractivity contribution in [2.75, 3.05) is 0 Å². The number of carboxylic acid groups (broad SMARTS) is 1. The minimum absolute atomic E-state index is 0.195. The van der Waals surface area contributed by atoms with Gasteiger partial charge in [-0.2, -0.15) is 0 Å². The fraction of sp³-hybridized carbons (Fsp3) is 0.294. The van der Waals surface area contributed by atoms with Gasteiger partial charge in [-0.1, -0.05) is 24.3 Å². The van der Waals surface area contributed by atoms with Crippen LogP contribution in [-0.2, 0) is 4.79 Å². The molecule has 0 spiro atoms. The number of hydrogen-bond acceptors (Lipinski definition) is 4. The van der Waals surface area contributed by atoms with Crippen molar-refractivity contribution in [2.45, 2.75) is 33.2 Å². The van der Waals surface area contributed by atoms with Gasteiger partial charge in [0, 0.05) is 5.69 Å². The number of carbonyl (C=O) groups is 2. The van der Waals surface area contributed by atoms with Crippen molar-refractivity contribution in [1.29, 1.82) is 0 Å². The third kappa shape index (κ3) is 4.35. The van der Waals surface area contributed by atoms with Crippen LogP contribution in [0.4, 0.5) is 0 Å². The molecule has 23 heavy (non-hydrogen) atoms. The van der Waals surface area contributed by atoms with Crippen LogP contribution >= 0.6 is 0 Å². The van der Waals surface area contributed by atoms with Gasteiger partial charge in [-0.3, -0.25) is 9.59 Å². The topological polar surface area (TPSA) is 92.2 Å². The van der Waals surface area contributed by atoms with Gasteiger partial charge in [0.1, 0.15) is 11.5 Å². The van der Waals surface area contributed by atoms with Crippen LogP contribution in [0.2, 0.25) is 0 Å². The highest BCUT2D eigenvalue weighted by molar-refractivity contribution is 5.93. The Labute approximate surface area is 134 Å². The molecule has 1 atom stereocenters. The van der Waals surface area contributed by atoms with Crippen LogP contribution in [-0.4, -0.2) is 27.0 Å². The Hall–Kier alpha value is -2.76. The monoisotopic (exact) mass is 313 g/mol. The number of amides is 1. The number of benzene rings is 1. The van der Waals surface area contributed by atoms with E-state index in [0.29, 0.717) is 11.5 Å². The molecule has 2 rings (SSSR count). The van der Waals surface area contributed by atoms with Gasteiger partial charge in [0.25, 0.3) is 5.91 Å². The summed E-state index contributed by atoms with van der Waals surface area (Å²) in [6.45, 7) is 5.37. The van der Waals surface area contributed by atoms with Gasteiger partial charge in [-0.05, 0) is 38.0 Å². The molecule has 0 aliphatic carbocycles. The second-order valence-corrected chi connectivity index (χ2v) is 5.42. The van der Waals surface area contributed by atoms with Crippen molar-refractivity contribution in [3.8, 4) is 0 Å². The lowest BCUT2D eigenvalue weighted by Crippen LogP contribution is -2.31. The van der Waals surface area contributed by atoms with Crippen LogP contribution < -0.4 is 5.32 Å². The molecule has 0 saturated heterocycles. The van der Waals surface area contributed by atoms with Crippen molar-refractivity contribution in [3.63, 3.8) is 0 Å². The Kier molecular flexibility index (Phi) is 5.05. The smallest absolute Gasteiger partial charge is 0.305 e. The average molecular weight is 313 g/mol. The lowest BCUT2D eigenvalue weighted by atomic mass is 9.98. The molecule has 0 aliphatic heterocycles. The normalized spacial score (nSPS) is 11.8. The van der Waals surface area contributed by atoms with Crippen molar-refractivity contribution in [2.24, 2.45) is 0 Å². The number of nitrogens with one attached hydrogen (secondary N) is 1. The molecule has 0 saturated carbocycles. The standard InChI is InChI=1S/C17H19N3O3/c1-10-6-4-5-7-13(10)14(9-16(21)22)20-17(23)15-8-11(2)18-12(3)19-15/h4-8,14H,9H2,1-3H3,(H,20,23)(H,21,22)/t14-/m0/s1. The third-order valence-corrected chi connectivity index (χ3v) is 3.45. The van der Waals surface area contributed by atoms with E-state index in [9.17, 15) is 9.59 Å². The number of aliphatic carboxylic acids is 1. The van der Waals surface area contributed by atoms with Crippen molar-refractivity contribution < 1.29 is 14.7 Å². The van der Waals surface area contributed by atoms with Crippen molar-refractivity contribution >= 4 is 11.9 Å². The van der Waals surface area contributed by atoms with Gasteiger partial charge in [0.15, 0.2) is 0 Å². The summed E-state index contributed by atoms with van der Waals surface area (Å²) in [6.07, 6.45) is -0.195. The molecule has 1 heterocycles. The Morgan fingerprint density at radius 2 is 1.87 bits per heavy atom. The largest absolute Gasteiger partial charge is 0.481 e. The van der Waals surface area contributed by atoms with Crippen LogP contribution in [0.15, 0.2) is 30.3 Å². The molecular formula is C17H19N3O3. The van der Waals surface area contributed by atoms with Gasteiger partial charge < -0.3 is 10.4 Å². The fourth-order valence-electron chi connectivity index (χ4n) is 2.46. The van der Waals surface area contributed by atoms with E-state index < -0.39 is 17.9 Å². The van der Waals surface area contributed by atoms with Crippen molar-refractivity contribution in [3.05, 3.63) is 58.7 Å². The Morgan fingerprint density at radius 1 is 1.17 bits per heavy atom. The summed E-state index contributed by atoms with van der Waals surface area (Å²) in [4.78, 5) is 31.8. The quantitative estimate of drug-likeness (QED) is 0.884. The lowest BCUT2D eigenvalue weighted by Gasteiger charge is -2.19. The van der Waals surface area contributed by atoms with Gasteiger partial charge in [0.05, 0.1) is 12.5 Å². The first kappa shape index (κ1) is 16.6. The van der Waals surface area contributed by atoms with Gasteiger partial charge in [-0.15, -0.1) is 0 Å². The second-order valence-electron chi connectivity index (χ2n) is 5.42. The van der Waals surface area contributed by atoms with E-state index in [1.54, 1.807) is 19.9 Å². The van der Waals surface area contributed by atoms with Crippen molar-refractivity contribution in [1.82, 2.24) is 15.3 Å². The van der Waals surface area contributed by atoms with E-state index in [1.165, 1.54) is 0 Å². The zero-order chi connectivity index (χ0) is 17.0. The van der Waals surface area contributed by atoms with E-state index in [4.69, 9.17) is 5.11 Å². The van der Waals surface area contributed by atoms with Crippen LogP contribution in [0.3, 0.4) is 0 Å². The zero-order valence-corrected chi connectivity index (χ0v) is 13.3. The maximum Gasteiger partial charge on any atom is 0.305 e. The highest BCUT2D eigenvalue weighted by Gasteiger charge is 2.21. The molecule has 0 unspecified atom stereocenters. The van der Waals surface area contributed by atoms with Gasteiger partial charge in [0.2, 0.25) is 0 Å². The number of carboxylic acids is 1. The van der Waals surface area contributed by atoms with E-state index in [1.807, 2.05) is 31.2 Å². The predicted molar refractivity (Wildman–Crippen MR) is 85.1 cm³/mol. The molecule has 6 heteroatoms.